The molecule has 2 saturated heterocycles. The molecule has 0 bridgehead atoms. The Bertz CT molecular complexity index is 360. The van der Waals surface area contributed by atoms with E-state index in [1.807, 2.05) is 0 Å². The summed E-state index contributed by atoms with van der Waals surface area (Å²) in [6, 6.07) is 10.9. The van der Waals surface area contributed by atoms with E-state index in [4.69, 9.17) is 0 Å². The molecule has 0 atom stereocenters. The third-order valence-electron chi connectivity index (χ3n) is 4.43. The number of benzene rings is 1. The number of hydrogen-bond acceptors (Lipinski definition) is 2. The van der Waals surface area contributed by atoms with E-state index >= 15 is 0 Å². The zero-order chi connectivity index (χ0) is 11.6. The van der Waals surface area contributed by atoms with Crippen LogP contribution in [0.25, 0.3) is 0 Å². The van der Waals surface area contributed by atoms with Crippen LogP contribution in [0.3, 0.4) is 0 Å². The smallest absolute Gasteiger partial charge is 0.0233 e. The van der Waals surface area contributed by atoms with E-state index in [9.17, 15) is 0 Å². The minimum Gasteiger partial charge on any atom is -0.317 e. The normalized spacial score (nSPS) is 22.9. The van der Waals surface area contributed by atoms with Crippen LogP contribution in [0.4, 0.5) is 0 Å². The number of halogens is 1. The maximum atomic E-state index is 3.48. The average molecular weight is 267 g/mol. The molecular weight excluding hydrogens is 244 g/mol. The summed E-state index contributed by atoms with van der Waals surface area (Å²) in [5.41, 5.74) is 2.10. The van der Waals surface area contributed by atoms with Crippen LogP contribution in [0.1, 0.15) is 24.8 Å². The second kappa shape index (κ2) is 6.05. The van der Waals surface area contributed by atoms with Crippen LogP contribution in [0, 0.1) is 5.41 Å². The molecule has 18 heavy (non-hydrogen) atoms. The van der Waals surface area contributed by atoms with Gasteiger partial charge in [0.15, 0.2) is 0 Å². The Kier molecular flexibility index (Phi) is 4.66. The maximum Gasteiger partial charge on any atom is 0.0233 e. The van der Waals surface area contributed by atoms with E-state index in [1.54, 1.807) is 0 Å². The number of rotatable bonds is 2. The molecule has 2 heterocycles. The summed E-state index contributed by atoms with van der Waals surface area (Å²) in [6.07, 6.45) is 4.15. The minimum absolute atomic E-state index is 0. The first-order chi connectivity index (χ1) is 8.36. The fraction of sp³-hybridized carbons (Fsp3) is 0.600. The lowest BCUT2D eigenvalue weighted by atomic mass is 9.78. The lowest BCUT2D eigenvalue weighted by Gasteiger charge is -2.33. The molecule has 0 amide bonds. The number of nitrogens with one attached hydrogen (secondary N) is 1. The van der Waals surface area contributed by atoms with Gasteiger partial charge in [0.05, 0.1) is 0 Å². The van der Waals surface area contributed by atoms with Gasteiger partial charge in [-0.15, -0.1) is 12.4 Å². The molecular formula is C15H23ClN2. The van der Waals surface area contributed by atoms with Crippen LogP contribution < -0.4 is 5.32 Å². The molecule has 2 nitrogen and oxygen atoms in total. The Morgan fingerprint density at radius 3 is 2.50 bits per heavy atom. The molecule has 0 aliphatic carbocycles. The van der Waals surface area contributed by atoms with E-state index in [1.165, 1.54) is 51.0 Å². The van der Waals surface area contributed by atoms with Crippen LogP contribution in [0.15, 0.2) is 30.3 Å². The van der Waals surface area contributed by atoms with Gasteiger partial charge in [0.1, 0.15) is 0 Å². The van der Waals surface area contributed by atoms with Gasteiger partial charge in [0, 0.05) is 13.1 Å². The van der Waals surface area contributed by atoms with Gasteiger partial charge in [-0.3, -0.25) is 4.90 Å². The molecule has 0 unspecified atom stereocenters. The zero-order valence-electron chi connectivity index (χ0n) is 10.9. The zero-order valence-corrected chi connectivity index (χ0v) is 11.7. The Morgan fingerprint density at radius 2 is 1.78 bits per heavy atom. The molecule has 3 heteroatoms. The summed E-state index contributed by atoms with van der Waals surface area (Å²) in [7, 11) is 0. The second-order valence-electron chi connectivity index (χ2n) is 5.70. The molecule has 0 radical (unpaired) electrons. The first-order valence-corrected chi connectivity index (χ1v) is 6.83. The van der Waals surface area contributed by atoms with Crippen molar-refractivity contribution in [3.8, 4) is 0 Å². The molecule has 100 valence electrons. The molecule has 3 rings (SSSR count). The van der Waals surface area contributed by atoms with Crippen molar-refractivity contribution in [1.82, 2.24) is 10.2 Å². The van der Waals surface area contributed by atoms with Crippen molar-refractivity contribution in [3.63, 3.8) is 0 Å². The first kappa shape index (κ1) is 13.9. The Balaban J connectivity index is 0.00000120. The molecule has 2 fully saturated rings. The van der Waals surface area contributed by atoms with Crippen molar-refractivity contribution in [2.45, 2.75) is 25.8 Å². The number of piperidine rings is 1. The van der Waals surface area contributed by atoms with E-state index in [0.29, 0.717) is 5.41 Å². The van der Waals surface area contributed by atoms with E-state index in [2.05, 4.69) is 40.5 Å². The summed E-state index contributed by atoms with van der Waals surface area (Å²) in [5.74, 6) is 0. The van der Waals surface area contributed by atoms with Crippen LogP contribution in [0.2, 0.25) is 0 Å². The highest BCUT2D eigenvalue weighted by atomic mass is 35.5. The van der Waals surface area contributed by atoms with Crippen molar-refractivity contribution in [2.75, 3.05) is 26.2 Å². The van der Waals surface area contributed by atoms with Crippen molar-refractivity contribution >= 4 is 12.4 Å². The van der Waals surface area contributed by atoms with Gasteiger partial charge in [-0.25, -0.2) is 0 Å². The Hall–Kier alpha value is -0.570. The maximum absolute atomic E-state index is 3.48. The lowest BCUT2D eigenvalue weighted by Crippen LogP contribution is -2.38. The third-order valence-corrected chi connectivity index (χ3v) is 4.43. The average Bonchev–Trinajstić information content (AvgIpc) is 2.74. The van der Waals surface area contributed by atoms with E-state index < -0.39 is 0 Å². The SMILES string of the molecule is Cl.c1ccc(CN2CCC3(CCNCC3)C2)cc1. The lowest BCUT2D eigenvalue weighted by molar-refractivity contribution is 0.194. The highest BCUT2D eigenvalue weighted by molar-refractivity contribution is 5.85. The molecule has 0 aromatic heterocycles. The van der Waals surface area contributed by atoms with Crippen LogP contribution in [-0.2, 0) is 6.54 Å². The monoisotopic (exact) mass is 266 g/mol. The van der Waals surface area contributed by atoms with Gasteiger partial charge in [-0.1, -0.05) is 30.3 Å². The summed E-state index contributed by atoms with van der Waals surface area (Å²) < 4.78 is 0. The topological polar surface area (TPSA) is 15.3 Å². The van der Waals surface area contributed by atoms with Crippen LogP contribution in [-0.4, -0.2) is 31.1 Å². The summed E-state index contributed by atoms with van der Waals surface area (Å²) in [5, 5.41) is 3.48. The van der Waals surface area contributed by atoms with E-state index in [0.717, 1.165) is 6.54 Å². The van der Waals surface area contributed by atoms with Crippen LogP contribution >= 0.6 is 12.4 Å². The van der Waals surface area contributed by atoms with Crippen molar-refractivity contribution in [2.24, 2.45) is 5.41 Å². The molecule has 2 aliphatic rings. The van der Waals surface area contributed by atoms with Gasteiger partial charge < -0.3 is 5.32 Å². The van der Waals surface area contributed by atoms with Crippen LogP contribution in [0.5, 0.6) is 0 Å². The second-order valence-corrected chi connectivity index (χ2v) is 5.70. The molecule has 2 aliphatic heterocycles. The highest BCUT2D eigenvalue weighted by Crippen LogP contribution is 2.38. The quantitative estimate of drug-likeness (QED) is 0.886. The predicted octanol–water partition coefficient (Wildman–Crippen LogP) is 2.68. The first-order valence-electron chi connectivity index (χ1n) is 6.83. The summed E-state index contributed by atoms with van der Waals surface area (Å²) >= 11 is 0. The fourth-order valence-electron chi connectivity index (χ4n) is 3.37. The Morgan fingerprint density at radius 1 is 1.06 bits per heavy atom. The fourth-order valence-corrected chi connectivity index (χ4v) is 3.37. The van der Waals surface area contributed by atoms with Gasteiger partial charge >= 0.3 is 0 Å². The molecule has 1 spiro atoms. The number of likely N-dealkylation sites (tertiary alicyclic amines) is 1. The Labute approximate surface area is 116 Å². The van der Waals surface area contributed by atoms with Gasteiger partial charge in [0.2, 0.25) is 0 Å². The summed E-state index contributed by atoms with van der Waals surface area (Å²) in [6.45, 7) is 6.17. The van der Waals surface area contributed by atoms with E-state index in [-0.39, 0.29) is 12.4 Å². The van der Waals surface area contributed by atoms with Crippen molar-refractivity contribution in [1.29, 1.82) is 0 Å². The third kappa shape index (κ3) is 3.05. The molecule has 0 saturated carbocycles. The minimum atomic E-state index is 0. The van der Waals surface area contributed by atoms with Crippen molar-refractivity contribution in [3.05, 3.63) is 35.9 Å². The molecule has 1 aromatic carbocycles. The highest BCUT2D eigenvalue weighted by Gasteiger charge is 2.38. The number of hydrogen-bond donors (Lipinski definition) is 1. The molecule has 1 N–H and O–H groups in total. The van der Waals surface area contributed by atoms with Crippen molar-refractivity contribution < 1.29 is 0 Å². The number of nitrogens with zero attached hydrogens (tertiary/aromatic N) is 1. The standard InChI is InChI=1S/C15H22N2.ClH/c1-2-4-14(5-3-1)12-17-11-8-15(13-17)6-9-16-10-7-15;/h1-5,16H,6-13H2;1H. The van der Waals surface area contributed by atoms with Gasteiger partial charge in [-0.2, -0.15) is 0 Å². The van der Waals surface area contributed by atoms with Gasteiger partial charge in [0.25, 0.3) is 0 Å². The predicted molar refractivity (Wildman–Crippen MR) is 78.1 cm³/mol. The summed E-state index contributed by atoms with van der Waals surface area (Å²) in [4.78, 5) is 2.64. The van der Waals surface area contributed by atoms with Gasteiger partial charge in [-0.05, 0) is 49.9 Å². The molecule has 1 aromatic rings. The largest absolute Gasteiger partial charge is 0.317 e.